The first-order valence-corrected chi connectivity index (χ1v) is 14.9. The lowest BCUT2D eigenvalue weighted by Gasteiger charge is -2.22. The van der Waals surface area contributed by atoms with Crippen molar-refractivity contribution in [2.75, 3.05) is 6.61 Å². The molecule has 0 aliphatic heterocycles. The highest BCUT2D eigenvalue weighted by Gasteiger charge is 2.21. The highest BCUT2D eigenvalue weighted by Crippen LogP contribution is 2.12. The van der Waals surface area contributed by atoms with Gasteiger partial charge < -0.3 is 20.3 Å². The number of allylic oxidation sites excluding steroid dienone is 1. The van der Waals surface area contributed by atoms with Crippen LogP contribution in [0.5, 0.6) is 0 Å². The fourth-order valence-electron chi connectivity index (χ4n) is 4.15. The van der Waals surface area contributed by atoms with Crippen molar-refractivity contribution in [3.8, 4) is 0 Å². The molecule has 1 amide bonds. The van der Waals surface area contributed by atoms with Gasteiger partial charge in [-0.25, -0.2) is 0 Å². The van der Waals surface area contributed by atoms with Gasteiger partial charge in [-0.05, 0) is 19.3 Å². The Hall–Kier alpha value is -1.89. The fraction of sp³-hybridized carbons (Fsp3) is 0.833. The van der Waals surface area contributed by atoms with Crippen LogP contribution in [0.25, 0.3) is 0 Å². The molecule has 216 valence electrons. The Morgan fingerprint density at radius 1 is 0.730 bits per heavy atom. The first kappa shape index (κ1) is 35.1. The van der Waals surface area contributed by atoms with Gasteiger partial charge in [0, 0.05) is 6.42 Å². The van der Waals surface area contributed by atoms with Crippen LogP contribution in [0.15, 0.2) is 12.2 Å². The number of aliphatic hydroxyl groups is 1. The van der Waals surface area contributed by atoms with Gasteiger partial charge in [0.1, 0.15) is 6.61 Å². The SMILES string of the molecule is CCCCCCCCCCCCC/C=C/C(O)[C@H](COC(=O)CCC(=O)O)NC(=O)CCCCCCC. The summed E-state index contributed by atoms with van der Waals surface area (Å²) in [6.07, 6.45) is 22.5. The second-order valence-electron chi connectivity index (χ2n) is 10.2. The summed E-state index contributed by atoms with van der Waals surface area (Å²) in [7, 11) is 0. The van der Waals surface area contributed by atoms with Crippen LogP contribution >= 0.6 is 0 Å². The Labute approximate surface area is 225 Å². The highest BCUT2D eigenvalue weighted by molar-refractivity contribution is 5.77. The molecule has 0 aromatic carbocycles. The third-order valence-corrected chi connectivity index (χ3v) is 6.54. The first-order valence-electron chi connectivity index (χ1n) is 14.9. The van der Waals surface area contributed by atoms with Gasteiger partial charge in [0.2, 0.25) is 5.91 Å². The first-order chi connectivity index (χ1) is 17.9. The smallest absolute Gasteiger partial charge is 0.306 e. The minimum Gasteiger partial charge on any atom is -0.481 e. The van der Waals surface area contributed by atoms with Crippen molar-refractivity contribution in [1.29, 1.82) is 0 Å². The van der Waals surface area contributed by atoms with Gasteiger partial charge in [-0.15, -0.1) is 0 Å². The number of esters is 1. The van der Waals surface area contributed by atoms with Gasteiger partial charge in [0.25, 0.3) is 0 Å². The summed E-state index contributed by atoms with van der Waals surface area (Å²) < 4.78 is 5.14. The average Bonchev–Trinajstić information content (AvgIpc) is 2.87. The van der Waals surface area contributed by atoms with E-state index < -0.39 is 24.1 Å². The van der Waals surface area contributed by atoms with Crippen molar-refractivity contribution in [2.45, 2.75) is 154 Å². The summed E-state index contributed by atoms with van der Waals surface area (Å²) in [5.41, 5.74) is 0. The molecule has 0 saturated heterocycles. The molecule has 0 aromatic heterocycles. The zero-order chi connectivity index (χ0) is 27.6. The summed E-state index contributed by atoms with van der Waals surface area (Å²) in [5.74, 6) is -1.91. The van der Waals surface area contributed by atoms with Crippen molar-refractivity contribution < 1.29 is 29.3 Å². The Kier molecular flexibility index (Phi) is 24.4. The Bertz CT molecular complexity index is 607. The maximum atomic E-state index is 12.4. The number of hydrogen-bond acceptors (Lipinski definition) is 5. The van der Waals surface area contributed by atoms with Crippen molar-refractivity contribution in [2.24, 2.45) is 0 Å². The van der Waals surface area contributed by atoms with E-state index in [0.29, 0.717) is 6.42 Å². The number of carbonyl (C=O) groups is 3. The molecule has 0 saturated carbocycles. The molecule has 3 N–H and O–H groups in total. The van der Waals surface area contributed by atoms with Crippen molar-refractivity contribution in [1.82, 2.24) is 5.32 Å². The molecule has 0 aromatic rings. The van der Waals surface area contributed by atoms with Crippen LogP contribution in [-0.2, 0) is 19.1 Å². The zero-order valence-electron chi connectivity index (χ0n) is 23.7. The van der Waals surface area contributed by atoms with Crippen LogP contribution < -0.4 is 5.32 Å². The van der Waals surface area contributed by atoms with Gasteiger partial charge in [0.05, 0.1) is 25.0 Å². The maximum absolute atomic E-state index is 12.4. The van der Waals surface area contributed by atoms with Crippen LogP contribution in [0.3, 0.4) is 0 Å². The maximum Gasteiger partial charge on any atom is 0.306 e. The summed E-state index contributed by atoms with van der Waals surface area (Å²) in [6, 6.07) is -0.759. The normalized spacial score (nSPS) is 12.9. The van der Waals surface area contributed by atoms with Crippen LogP contribution in [0.1, 0.15) is 142 Å². The lowest BCUT2D eigenvalue weighted by atomic mass is 10.0. The predicted molar refractivity (Wildman–Crippen MR) is 149 cm³/mol. The van der Waals surface area contributed by atoms with E-state index in [4.69, 9.17) is 9.84 Å². The molecule has 0 heterocycles. The molecule has 7 heteroatoms. The third-order valence-electron chi connectivity index (χ3n) is 6.54. The topological polar surface area (TPSA) is 113 Å². The largest absolute Gasteiger partial charge is 0.481 e. The lowest BCUT2D eigenvalue weighted by Crippen LogP contribution is -2.46. The van der Waals surface area contributed by atoms with E-state index >= 15 is 0 Å². The van der Waals surface area contributed by atoms with Crippen LogP contribution in [0, 0.1) is 0 Å². The van der Waals surface area contributed by atoms with Gasteiger partial charge in [0.15, 0.2) is 0 Å². The summed E-state index contributed by atoms with van der Waals surface area (Å²) in [6.45, 7) is 4.19. The average molecular weight is 526 g/mol. The summed E-state index contributed by atoms with van der Waals surface area (Å²) in [5, 5.41) is 22.1. The van der Waals surface area contributed by atoms with Crippen LogP contribution in [-0.4, -0.2) is 46.8 Å². The predicted octanol–water partition coefficient (Wildman–Crippen LogP) is 6.86. The molecule has 7 nitrogen and oxygen atoms in total. The number of carboxylic acid groups (broad SMARTS) is 1. The molecule has 0 rings (SSSR count). The number of aliphatic hydroxyl groups excluding tert-OH is 1. The van der Waals surface area contributed by atoms with E-state index in [-0.39, 0.29) is 25.4 Å². The number of carbonyl (C=O) groups excluding carboxylic acids is 2. The molecular formula is C30H55NO6. The highest BCUT2D eigenvalue weighted by atomic mass is 16.5. The Morgan fingerprint density at radius 2 is 1.24 bits per heavy atom. The summed E-state index contributed by atoms with van der Waals surface area (Å²) >= 11 is 0. The second kappa shape index (κ2) is 25.7. The number of amides is 1. The number of rotatable bonds is 26. The van der Waals surface area contributed by atoms with Gasteiger partial charge in [-0.3, -0.25) is 14.4 Å². The van der Waals surface area contributed by atoms with E-state index in [0.717, 1.165) is 51.4 Å². The monoisotopic (exact) mass is 525 g/mol. The standard InChI is InChI=1S/C30H55NO6/c1-3-5-7-9-10-11-12-13-14-15-16-18-19-21-27(32)26(25-37-30(36)24-23-29(34)35)31-28(33)22-20-17-8-6-4-2/h19,21,26-27,32H,3-18,20,22-25H2,1-2H3,(H,31,33)(H,34,35)/b21-19+/t26-,27?/m0/s1. The van der Waals surface area contributed by atoms with Gasteiger partial charge in [-0.2, -0.15) is 0 Å². The number of carboxylic acids is 1. The van der Waals surface area contributed by atoms with Crippen molar-refractivity contribution >= 4 is 17.8 Å². The van der Waals surface area contributed by atoms with E-state index in [9.17, 15) is 19.5 Å². The number of nitrogens with one attached hydrogen (secondary N) is 1. The zero-order valence-corrected chi connectivity index (χ0v) is 23.7. The Morgan fingerprint density at radius 3 is 1.78 bits per heavy atom. The molecule has 0 aliphatic rings. The second-order valence-corrected chi connectivity index (χ2v) is 10.2. The fourth-order valence-corrected chi connectivity index (χ4v) is 4.15. The van der Waals surface area contributed by atoms with Gasteiger partial charge in [-0.1, -0.05) is 116 Å². The van der Waals surface area contributed by atoms with E-state index in [1.807, 2.05) is 6.08 Å². The summed E-state index contributed by atoms with van der Waals surface area (Å²) in [4.78, 5) is 34.8. The van der Waals surface area contributed by atoms with Crippen molar-refractivity contribution in [3.05, 3.63) is 12.2 Å². The molecule has 2 atom stereocenters. The molecule has 37 heavy (non-hydrogen) atoms. The molecule has 0 radical (unpaired) electrons. The molecular weight excluding hydrogens is 470 g/mol. The Balaban J connectivity index is 4.34. The minimum absolute atomic E-state index is 0.180. The number of ether oxygens (including phenoxy) is 1. The molecule has 0 bridgehead atoms. The van der Waals surface area contributed by atoms with E-state index in [2.05, 4.69) is 19.2 Å². The van der Waals surface area contributed by atoms with Crippen LogP contribution in [0.2, 0.25) is 0 Å². The number of hydrogen-bond donors (Lipinski definition) is 3. The van der Waals surface area contributed by atoms with E-state index in [1.165, 1.54) is 57.8 Å². The number of unbranched alkanes of at least 4 members (excludes halogenated alkanes) is 15. The molecule has 1 unspecified atom stereocenters. The molecule has 0 spiro atoms. The molecule has 0 fully saturated rings. The minimum atomic E-state index is -1.07. The lowest BCUT2D eigenvalue weighted by molar-refractivity contribution is -0.149. The van der Waals surface area contributed by atoms with Crippen LogP contribution in [0.4, 0.5) is 0 Å². The van der Waals surface area contributed by atoms with Gasteiger partial charge >= 0.3 is 11.9 Å². The van der Waals surface area contributed by atoms with Crippen molar-refractivity contribution in [3.63, 3.8) is 0 Å². The quantitative estimate of drug-likeness (QED) is 0.0646. The van der Waals surface area contributed by atoms with E-state index in [1.54, 1.807) is 6.08 Å². The number of aliphatic carboxylic acids is 1. The molecule has 0 aliphatic carbocycles. The third kappa shape index (κ3) is 24.2.